The molecule has 1 heterocycles. The van der Waals surface area contributed by atoms with Gasteiger partial charge in [-0.1, -0.05) is 6.58 Å². The van der Waals surface area contributed by atoms with Gasteiger partial charge in [0.15, 0.2) is 0 Å². The van der Waals surface area contributed by atoms with Crippen LogP contribution in [0, 0.1) is 0 Å². The first-order chi connectivity index (χ1) is 4.72. The van der Waals surface area contributed by atoms with Crippen molar-refractivity contribution in [2.75, 3.05) is 0 Å². The number of carbonyl (C=O) groups is 2. The van der Waals surface area contributed by atoms with E-state index in [9.17, 15) is 9.59 Å². The number of amides is 3. The van der Waals surface area contributed by atoms with Gasteiger partial charge in [0.1, 0.15) is 0 Å². The standard InChI is InChI=1S/C6H6N2O2/c1-2-4-3-5(9)8-6(10)7-4/h2H,1,3H2,(H,8,9,10). The summed E-state index contributed by atoms with van der Waals surface area (Å²) < 4.78 is 0. The van der Waals surface area contributed by atoms with E-state index in [0.29, 0.717) is 5.71 Å². The van der Waals surface area contributed by atoms with Gasteiger partial charge in [0.05, 0.1) is 12.1 Å². The minimum atomic E-state index is -0.605. The average Bonchev–Trinajstić information content (AvgIpc) is 1.85. The predicted octanol–water partition coefficient (Wildman–Crippen LogP) is 0.253. The van der Waals surface area contributed by atoms with Gasteiger partial charge in [-0.2, -0.15) is 4.99 Å². The zero-order valence-electron chi connectivity index (χ0n) is 5.26. The van der Waals surface area contributed by atoms with Gasteiger partial charge in [0, 0.05) is 0 Å². The van der Waals surface area contributed by atoms with Gasteiger partial charge in [-0.05, 0) is 6.08 Å². The third kappa shape index (κ3) is 1.28. The van der Waals surface area contributed by atoms with Gasteiger partial charge in [-0.25, -0.2) is 4.79 Å². The van der Waals surface area contributed by atoms with E-state index in [1.165, 1.54) is 6.08 Å². The van der Waals surface area contributed by atoms with E-state index in [1.807, 2.05) is 5.32 Å². The van der Waals surface area contributed by atoms with Crippen LogP contribution in [-0.4, -0.2) is 17.6 Å². The SMILES string of the molecule is C=CC1=NC(=O)NC(=O)C1. The summed E-state index contributed by atoms with van der Waals surface area (Å²) in [5.41, 5.74) is 0.425. The average molecular weight is 138 g/mol. The van der Waals surface area contributed by atoms with Gasteiger partial charge in [-0.3, -0.25) is 10.1 Å². The molecule has 0 aromatic heterocycles. The van der Waals surface area contributed by atoms with Crippen LogP contribution >= 0.6 is 0 Å². The highest BCUT2D eigenvalue weighted by Crippen LogP contribution is 1.95. The Balaban J connectivity index is 2.84. The van der Waals surface area contributed by atoms with Crippen LogP contribution in [0.3, 0.4) is 0 Å². The quantitative estimate of drug-likeness (QED) is 0.564. The van der Waals surface area contributed by atoms with E-state index in [-0.39, 0.29) is 12.3 Å². The maximum absolute atomic E-state index is 10.6. The van der Waals surface area contributed by atoms with Crippen molar-refractivity contribution in [1.82, 2.24) is 5.32 Å². The highest BCUT2D eigenvalue weighted by Gasteiger charge is 2.14. The summed E-state index contributed by atoms with van der Waals surface area (Å²) in [6.45, 7) is 3.39. The molecular weight excluding hydrogens is 132 g/mol. The van der Waals surface area contributed by atoms with Crippen molar-refractivity contribution in [3.05, 3.63) is 12.7 Å². The summed E-state index contributed by atoms with van der Waals surface area (Å²) in [6, 6.07) is -0.605. The highest BCUT2D eigenvalue weighted by atomic mass is 16.2. The lowest BCUT2D eigenvalue weighted by Gasteiger charge is -2.06. The molecular formula is C6H6N2O2. The molecule has 52 valence electrons. The van der Waals surface area contributed by atoms with Crippen molar-refractivity contribution in [3.8, 4) is 0 Å². The summed E-state index contributed by atoms with van der Waals surface area (Å²) in [5, 5.41) is 2.03. The molecule has 3 amide bonds. The topological polar surface area (TPSA) is 58.5 Å². The van der Waals surface area contributed by atoms with Gasteiger partial charge in [-0.15, -0.1) is 0 Å². The van der Waals surface area contributed by atoms with Crippen LogP contribution in [-0.2, 0) is 4.79 Å². The first kappa shape index (κ1) is 6.67. The first-order valence-electron chi connectivity index (χ1n) is 2.76. The molecule has 1 rings (SSSR count). The number of rotatable bonds is 1. The maximum atomic E-state index is 10.6. The highest BCUT2D eigenvalue weighted by molar-refractivity contribution is 6.17. The van der Waals surface area contributed by atoms with Gasteiger partial charge in [0.25, 0.3) is 0 Å². The molecule has 0 saturated heterocycles. The molecule has 4 nitrogen and oxygen atoms in total. The molecule has 0 spiro atoms. The summed E-state index contributed by atoms with van der Waals surface area (Å²) in [7, 11) is 0. The summed E-state index contributed by atoms with van der Waals surface area (Å²) in [5.74, 6) is -0.324. The summed E-state index contributed by atoms with van der Waals surface area (Å²) >= 11 is 0. The number of urea groups is 1. The molecule has 0 aliphatic carbocycles. The summed E-state index contributed by atoms with van der Waals surface area (Å²) in [4.78, 5) is 24.5. The second kappa shape index (κ2) is 2.43. The van der Waals surface area contributed by atoms with Gasteiger partial charge >= 0.3 is 6.03 Å². The molecule has 0 saturated carbocycles. The predicted molar refractivity (Wildman–Crippen MR) is 35.8 cm³/mol. The Morgan fingerprint density at radius 3 is 2.80 bits per heavy atom. The van der Waals surface area contributed by atoms with E-state index in [0.717, 1.165) is 0 Å². The lowest BCUT2D eigenvalue weighted by atomic mass is 10.2. The Bertz CT molecular complexity index is 230. The Morgan fingerprint density at radius 2 is 2.30 bits per heavy atom. The van der Waals surface area contributed by atoms with Crippen LogP contribution in [0.4, 0.5) is 4.79 Å². The monoisotopic (exact) mass is 138 g/mol. The zero-order valence-corrected chi connectivity index (χ0v) is 5.26. The second-order valence-electron chi connectivity index (χ2n) is 1.84. The third-order valence-corrected chi connectivity index (χ3v) is 1.07. The largest absolute Gasteiger partial charge is 0.347 e. The fourth-order valence-electron chi connectivity index (χ4n) is 0.644. The Kier molecular flexibility index (Phi) is 1.62. The van der Waals surface area contributed by atoms with Crippen LogP contribution in [0.5, 0.6) is 0 Å². The van der Waals surface area contributed by atoms with E-state index in [2.05, 4.69) is 11.6 Å². The van der Waals surface area contributed by atoms with Crippen molar-refractivity contribution in [3.63, 3.8) is 0 Å². The molecule has 10 heavy (non-hydrogen) atoms. The molecule has 0 radical (unpaired) electrons. The molecule has 1 N–H and O–H groups in total. The maximum Gasteiger partial charge on any atom is 0.347 e. The number of aliphatic imine (C=N–C) groups is 1. The molecule has 1 aliphatic rings. The molecule has 0 aromatic rings. The Labute approximate surface area is 57.6 Å². The minimum Gasteiger partial charge on any atom is -0.276 e. The van der Waals surface area contributed by atoms with Crippen molar-refractivity contribution < 1.29 is 9.59 Å². The van der Waals surface area contributed by atoms with Crippen molar-refractivity contribution >= 4 is 17.6 Å². The third-order valence-electron chi connectivity index (χ3n) is 1.07. The van der Waals surface area contributed by atoms with Crippen LogP contribution in [0.1, 0.15) is 6.42 Å². The van der Waals surface area contributed by atoms with E-state index < -0.39 is 6.03 Å². The normalized spacial score (nSPS) is 17.8. The molecule has 0 fully saturated rings. The summed E-state index contributed by atoms with van der Waals surface area (Å²) in [6.07, 6.45) is 1.55. The van der Waals surface area contributed by atoms with Gasteiger partial charge < -0.3 is 0 Å². The van der Waals surface area contributed by atoms with Crippen LogP contribution < -0.4 is 5.32 Å². The fraction of sp³-hybridized carbons (Fsp3) is 0.167. The number of hydrogen-bond acceptors (Lipinski definition) is 2. The number of carbonyl (C=O) groups excluding carboxylic acids is 2. The van der Waals surface area contributed by atoms with Crippen LogP contribution in [0.2, 0.25) is 0 Å². The lowest BCUT2D eigenvalue weighted by Crippen LogP contribution is -2.34. The van der Waals surface area contributed by atoms with Crippen molar-refractivity contribution in [2.24, 2.45) is 4.99 Å². The van der Waals surface area contributed by atoms with E-state index in [1.54, 1.807) is 0 Å². The first-order valence-corrected chi connectivity index (χ1v) is 2.76. The Hall–Kier alpha value is -1.45. The number of nitrogens with zero attached hydrogens (tertiary/aromatic N) is 1. The van der Waals surface area contributed by atoms with Crippen molar-refractivity contribution in [2.45, 2.75) is 6.42 Å². The molecule has 4 heteroatoms. The number of nitrogens with one attached hydrogen (secondary N) is 1. The van der Waals surface area contributed by atoms with Crippen LogP contribution in [0.25, 0.3) is 0 Å². The molecule has 0 atom stereocenters. The minimum absolute atomic E-state index is 0.148. The fourth-order valence-corrected chi connectivity index (χ4v) is 0.644. The lowest BCUT2D eigenvalue weighted by molar-refractivity contribution is -0.118. The second-order valence-corrected chi connectivity index (χ2v) is 1.84. The molecule has 0 unspecified atom stereocenters. The molecule has 0 bridgehead atoms. The number of hydrogen-bond donors (Lipinski definition) is 1. The molecule has 1 aliphatic heterocycles. The van der Waals surface area contributed by atoms with E-state index in [4.69, 9.17) is 0 Å². The number of allylic oxidation sites excluding steroid dienone is 1. The Morgan fingerprint density at radius 1 is 1.60 bits per heavy atom. The van der Waals surface area contributed by atoms with Gasteiger partial charge in [0.2, 0.25) is 5.91 Å². The molecule has 0 aromatic carbocycles. The van der Waals surface area contributed by atoms with E-state index >= 15 is 0 Å². The van der Waals surface area contributed by atoms with Crippen molar-refractivity contribution in [1.29, 1.82) is 0 Å². The number of imide groups is 1. The van der Waals surface area contributed by atoms with Crippen LogP contribution in [0.15, 0.2) is 17.6 Å². The smallest absolute Gasteiger partial charge is 0.276 e. The zero-order chi connectivity index (χ0) is 7.56.